The third-order valence-electron chi connectivity index (χ3n) is 3.72. The second kappa shape index (κ2) is 10.8. The Morgan fingerprint density at radius 3 is 2.35 bits per heavy atom. The lowest BCUT2D eigenvalue weighted by Gasteiger charge is -2.25. The molecule has 1 rings (SSSR count). The largest absolute Gasteiger partial charge is 0.468 e. The molecule has 0 bridgehead atoms. The quantitative estimate of drug-likeness (QED) is 0.659. The van der Waals surface area contributed by atoms with Crippen LogP contribution in [-0.2, 0) is 20.7 Å². The van der Waals surface area contributed by atoms with Crippen LogP contribution in [0.4, 0.5) is 4.79 Å². The molecule has 0 fully saturated rings. The first-order chi connectivity index (χ1) is 12.2. The lowest BCUT2D eigenvalue weighted by Crippen LogP contribution is -2.49. The molecule has 6 nitrogen and oxygen atoms in total. The van der Waals surface area contributed by atoms with Crippen molar-refractivity contribution in [2.24, 2.45) is 0 Å². The molecule has 0 aliphatic carbocycles. The fourth-order valence-electron chi connectivity index (χ4n) is 2.57. The van der Waals surface area contributed by atoms with Crippen molar-refractivity contribution >= 4 is 12.1 Å². The van der Waals surface area contributed by atoms with Crippen LogP contribution in [0.3, 0.4) is 0 Å². The molecule has 0 spiro atoms. The van der Waals surface area contributed by atoms with Gasteiger partial charge in [0.05, 0.1) is 7.11 Å². The van der Waals surface area contributed by atoms with Gasteiger partial charge in [0.15, 0.2) is 0 Å². The van der Waals surface area contributed by atoms with Crippen molar-refractivity contribution in [1.29, 1.82) is 0 Å². The molecule has 146 valence electrons. The van der Waals surface area contributed by atoms with Gasteiger partial charge in [-0.25, -0.2) is 4.79 Å². The Morgan fingerprint density at radius 2 is 1.81 bits per heavy atom. The van der Waals surface area contributed by atoms with E-state index in [-0.39, 0.29) is 18.1 Å². The molecule has 2 atom stereocenters. The maximum absolute atomic E-state index is 12.2. The smallest absolute Gasteiger partial charge is 0.407 e. The van der Waals surface area contributed by atoms with Gasteiger partial charge < -0.3 is 20.1 Å². The van der Waals surface area contributed by atoms with Crippen LogP contribution < -0.4 is 10.6 Å². The number of ether oxygens (including phenoxy) is 2. The molecule has 0 aromatic heterocycles. The monoisotopic (exact) mass is 364 g/mol. The Hall–Kier alpha value is -2.08. The number of alkyl carbamates (subject to hydrolysis) is 1. The number of esters is 1. The highest BCUT2D eigenvalue weighted by molar-refractivity contribution is 5.75. The number of nitrogens with one attached hydrogen (secondary N) is 2. The van der Waals surface area contributed by atoms with Crippen LogP contribution in [0.2, 0.25) is 0 Å². The van der Waals surface area contributed by atoms with E-state index in [9.17, 15) is 9.59 Å². The maximum atomic E-state index is 12.2. The van der Waals surface area contributed by atoms with Gasteiger partial charge in [0.2, 0.25) is 0 Å². The first-order valence-corrected chi connectivity index (χ1v) is 9.09. The van der Waals surface area contributed by atoms with Gasteiger partial charge in [-0.3, -0.25) is 4.79 Å². The second-order valence-corrected chi connectivity index (χ2v) is 7.31. The van der Waals surface area contributed by atoms with E-state index >= 15 is 0 Å². The average molecular weight is 364 g/mol. The zero-order chi connectivity index (χ0) is 19.6. The normalized spacial score (nSPS) is 13.6. The zero-order valence-corrected chi connectivity index (χ0v) is 16.5. The number of carbonyl (C=O) groups excluding carboxylic acids is 2. The number of hydrogen-bond donors (Lipinski definition) is 2. The number of carbonyl (C=O) groups is 2. The minimum atomic E-state index is -0.564. The first kappa shape index (κ1) is 22.0. The molecular formula is C20H32N2O4. The maximum Gasteiger partial charge on any atom is 0.407 e. The molecule has 1 aromatic carbocycles. The number of rotatable bonds is 9. The van der Waals surface area contributed by atoms with Crippen LogP contribution in [0.5, 0.6) is 0 Å². The summed E-state index contributed by atoms with van der Waals surface area (Å²) < 4.78 is 10.2. The minimum absolute atomic E-state index is 0.212. The number of methoxy groups -OCH3 is 1. The predicted octanol–water partition coefficient (Wildman–Crippen LogP) is 3.05. The summed E-state index contributed by atoms with van der Waals surface area (Å²) in [6.45, 7) is 7.93. The van der Waals surface area contributed by atoms with E-state index in [1.54, 1.807) is 0 Å². The summed E-state index contributed by atoms with van der Waals surface area (Å²) in [5.41, 5.74) is 0.534. The van der Waals surface area contributed by atoms with E-state index < -0.39 is 11.7 Å². The fourth-order valence-corrected chi connectivity index (χ4v) is 2.57. The zero-order valence-electron chi connectivity index (χ0n) is 16.5. The summed E-state index contributed by atoms with van der Waals surface area (Å²) in [7, 11) is 1.38. The van der Waals surface area contributed by atoms with Gasteiger partial charge in [0.1, 0.15) is 11.6 Å². The molecule has 0 heterocycles. The molecule has 0 radical (unpaired) electrons. The number of amides is 1. The highest BCUT2D eigenvalue weighted by atomic mass is 16.6. The van der Waals surface area contributed by atoms with Gasteiger partial charge in [0, 0.05) is 12.6 Å². The third-order valence-corrected chi connectivity index (χ3v) is 3.72. The number of benzene rings is 1. The van der Waals surface area contributed by atoms with Crippen LogP contribution in [0.15, 0.2) is 30.3 Å². The van der Waals surface area contributed by atoms with Gasteiger partial charge in [-0.1, -0.05) is 43.7 Å². The van der Waals surface area contributed by atoms with Crippen LogP contribution in [-0.4, -0.2) is 43.4 Å². The van der Waals surface area contributed by atoms with E-state index in [0.717, 1.165) is 12.0 Å². The van der Waals surface area contributed by atoms with Gasteiger partial charge >= 0.3 is 12.1 Å². The number of hydrogen-bond acceptors (Lipinski definition) is 5. The molecule has 6 heteroatoms. The van der Waals surface area contributed by atoms with Gasteiger partial charge in [-0.15, -0.1) is 0 Å². The summed E-state index contributed by atoms with van der Waals surface area (Å²) in [6.07, 6.45) is 1.70. The molecule has 0 saturated heterocycles. The van der Waals surface area contributed by atoms with E-state index in [2.05, 4.69) is 10.6 Å². The van der Waals surface area contributed by atoms with Crippen molar-refractivity contribution in [3.63, 3.8) is 0 Å². The average Bonchev–Trinajstić information content (AvgIpc) is 2.56. The van der Waals surface area contributed by atoms with E-state index in [4.69, 9.17) is 9.47 Å². The molecule has 2 N–H and O–H groups in total. The summed E-state index contributed by atoms with van der Waals surface area (Å²) in [4.78, 5) is 24.1. The molecule has 0 aliphatic heterocycles. The summed E-state index contributed by atoms with van der Waals surface area (Å²) in [5.74, 6) is -0.289. The van der Waals surface area contributed by atoms with Crippen LogP contribution in [0, 0.1) is 0 Å². The summed E-state index contributed by atoms with van der Waals surface area (Å²) >= 11 is 0. The predicted molar refractivity (Wildman–Crippen MR) is 102 cm³/mol. The Kier molecular flexibility index (Phi) is 9.13. The highest BCUT2D eigenvalue weighted by Crippen LogP contribution is 2.09. The molecular weight excluding hydrogens is 332 g/mol. The van der Waals surface area contributed by atoms with Crippen molar-refractivity contribution in [3.8, 4) is 0 Å². The standard InChI is InChI=1S/C20H32N2O4/c1-6-10-17(18(23)25-5)21-14-16(13-15-11-8-7-9-12-15)22-19(24)26-20(2,3)4/h7-9,11-12,16-17,21H,6,10,13-14H2,1-5H3,(H,22,24)/t16-,17-/m0/s1. The Labute approximate surface area is 156 Å². The lowest BCUT2D eigenvalue weighted by atomic mass is 10.1. The van der Waals surface area contributed by atoms with Crippen molar-refractivity contribution in [2.75, 3.05) is 13.7 Å². The second-order valence-electron chi connectivity index (χ2n) is 7.31. The SMILES string of the molecule is CCC[C@H](NC[C@H](Cc1ccccc1)NC(=O)OC(C)(C)C)C(=O)OC. The molecule has 1 aromatic rings. The lowest BCUT2D eigenvalue weighted by molar-refractivity contribution is -0.143. The summed E-state index contributed by atoms with van der Waals surface area (Å²) in [6, 6.07) is 9.29. The van der Waals surface area contributed by atoms with E-state index in [0.29, 0.717) is 19.4 Å². The van der Waals surface area contributed by atoms with Crippen molar-refractivity contribution in [1.82, 2.24) is 10.6 Å². The fraction of sp³-hybridized carbons (Fsp3) is 0.600. The van der Waals surface area contributed by atoms with Crippen molar-refractivity contribution in [2.45, 2.75) is 64.6 Å². The molecule has 1 amide bonds. The van der Waals surface area contributed by atoms with Gasteiger partial charge in [-0.2, -0.15) is 0 Å². The van der Waals surface area contributed by atoms with Crippen molar-refractivity contribution < 1.29 is 19.1 Å². The van der Waals surface area contributed by atoms with Gasteiger partial charge in [0.25, 0.3) is 0 Å². The molecule has 0 aliphatic rings. The van der Waals surface area contributed by atoms with E-state index in [1.807, 2.05) is 58.0 Å². The Morgan fingerprint density at radius 1 is 1.15 bits per heavy atom. The topological polar surface area (TPSA) is 76.7 Å². The molecule has 26 heavy (non-hydrogen) atoms. The van der Waals surface area contributed by atoms with Crippen molar-refractivity contribution in [3.05, 3.63) is 35.9 Å². The van der Waals surface area contributed by atoms with Crippen LogP contribution >= 0.6 is 0 Å². The first-order valence-electron chi connectivity index (χ1n) is 9.09. The third kappa shape index (κ3) is 8.85. The molecule has 0 saturated carbocycles. The van der Waals surface area contributed by atoms with E-state index in [1.165, 1.54) is 7.11 Å². The van der Waals surface area contributed by atoms with Crippen LogP contribution in [0.1, 0.15) is 46.1 Å². The summed E-state index contributed by atoms with van der Waals surface area (Å²) in [5, 5.41) is 6.12. The highest BCUT2D eigenvalue weighted by Gasteiger charge is 2.23. The van der Waals surface area contributed by atoms with Crippen LogP contribution in [0.25, 0.3) is 0 Å². The Balaban J connectivity index is 2.75. The minimum Gasteiger partial charge on any atom is -0.468 e. The molecule has 0 unspecified atom stereocenters. The van der Waals surface area contributed by atoms with Gasteiger partial charge in [-0.05, 0) is 39.2 Å². The Bertz CT molecular complexity index is 555.